The molecule has 2 nitrogen and oxygen atoms in total. The van der Waals surface area contributed by atoms with Gasteiger partial charge in [0.25, 0.3) is 5.91 Å². The molecule has 0 aliphatic rings. The van der Waals surface area contributed by atoms with Crippen molar-refractivity contribution in [1.82, 2.24) is 5.32 Å². The third-order valence-electron chi connectivity index (χ3n) is 3.07. The van der Waals surface area contributed by atoms with Crippen molar-refractivity contribution in [3.05, 3.63) is 69.7 Å². The molecule has 0 atom stereocenters. The highest BCUT2D eigenvalue weighted by molar-refractivity contribution is 7.19. The average Bonchev–Trinajstić information content (AvgIpc) is 2.46. The van der Waals surface area contributed by atoms with Crippen molar-refractivity contribution in [3.8, 4) is 0 Å². The van der Waals surface area contributed by atoms with Gasteiger partial charge in [0.1, 0.15) is 0 Å². The van der Waals surface area contributed by atoms with Gasteiger partial charge in [0, 0.05) is 17.1 Å². The summed E-state index contributed by atoms with van der Waals surface area (Å²) in [5.41, 5.74) is 3.53. The van der Waals surface area contributed by atoms with Crippen molar-refractivity contribution in [3.63, 3.8) is 0 Å². The van der Waals surface area contributed by atoms with Crippen LogP contribution >= 0.6 is 20.5 Å². The Morgan fingerprint density at radius 2 is 2.05 bits per heavy atom. The predicted octanol–water partition coefficient (Wildman–Crippen LogP) is 3.87. The molecular formula is C16H15ClNOP. The Labute approximate surface area is 126 Å². The molecule has 20 heavy (non-hydrogen) atoms. The topological polar surface area (TPSA) is 29.1 Å². The van der Waals surface area contributed by atoms with Crippen LogP contribution in [0.1, 0.15) is 27.0 Å². The van der Waals surface area contributed by atoms with E-state index in [0.717, 1.165) is 16.7 Å². The van der Waals surface area contributed by atoms with Gasteiger partial charge in [-0.3, -0.25) is 4.79 Å². The van der Waals surface area contributed by atoms with E-state index in [-0.39, 0.29) is 5.91 Å². The fraction of sp³-hybridized carbons (Fsp3) is 0.125. The maximum absolute atomic E-state index is 12.1. The summed E-state index contributed by atoms with van der Waals surface area (Å²) < 4.78 is 0. The summed E-state index contributed by atoms with van der Waals surface area (Å²) in [4.78, 5) is 12.1. The summed E-state index contributed by atoms with van der Waals surface area (Å²) in [6.07, 6.45) is 0. The molecule has 0 aliphatic carbocycles. The number of hydrogen-bond donors (Lipinski definition) is 1. The van der Waals surface area contributed by atoms with Gasteiger partial charge < -0.3 is 5.32 Å². The van der Waals surface area contributed by atoms with Crippen molar-refractivity contribution < 1.29 is 4.79 Å². The second kappa shape index (κ2) is 6.69. The normalized spacial score (nSPS) is 10.1. The standard InChI is InChI=1S/C16H15ClNOP/c1-11-4-2-3-5-14(11)16(19)18-9-13-7-6-12(10-20)8-15(13)17/h2-8,10,20H,9H2,1H3,(H,18,19). The lowest BCUT2D eigenvalue weighted by molar-refractivity contribution is 0.0950. The van der Waals surface area contributed by atoms with Crippen LogP contribution in [0.15, 0.2) is 42.5 Å². The Bertz CT molecular complexity index is 655. The molecule has 1 N–H and O–H groups in total. The second-order valence-electron chi connectivity index (χ2n) is 4.49. The number of rotatable bonds is 4. The first-order valence-corrected chi connectivity index (χ1v) is 7.20. The molecule has 0 unspecified atom stereocenters. The molecule has 0 radical (unpaired) electrons. The fourth-order valence-corrected chi connectivity index (χ4v) is 2.33. The molecule has 0 saturated carbocycles. The Balaban J connectivity index is 2.07. The number of halogens is 1. The highest BCUT2D eigenvalue weighted by Gasteiger charge is 2.08. The van der Waals surface area contributed by atoms with Gasteiger partial charge in [-0.2, -0.15) is 0 Å². The first-order chi connectivity index (χ1) is 9.61. The van der Waals surface area contributed by atoms with Gasteiger partial charge in [0.15, 0.2) is 0 Å². The molecule has 102 valence electrons. The first-order valence-electron chi connectivity index (χ1n) is 6.24. The minimum atomic E-state index is -0.0880. The van der Waals surface area contributed by atoms with Crippen molar-refractivity contribution in [1.29, 1.82) is 0 Å². The van der Waals surface area contributed by atoms with Gasteiger partial charge in [0.2, 0.25) is 0 Å². The summed E-state index contributed by atoms with van der Waals surface area (Å²) in [5.74, 6) is 1.71. The Hall–Kier alpha value is -1.63. The van der Waals surface area contributed by atoms with Crippen LogP contribution in [-0.4, -0.2) is 11.7 Å². The van der Waals surface area contributed by atoms with Crippen LogP contribution in [0.25, 0.3) is 0 Å². The van der Waals surface area contributed by atoms with Crippen LogP contribution < -0.4 is 5.32 Å². The number of benzene rings is 2. The largest absolute Gasteiger partial charge is 0.348 e. The zero-order valence-electron chi connectivity index (χ0n) is 11.1. The van der Waals surface area contributed by atoms with E-state index in [9.17, 15) is 4.79 Å². The summed E-state index contributed by atoms with van der Waals surface area (Å²) in [5, 5.41) is 3.53. The lowest BCUT2D eigenvalue weighted by Crippen LogP contribution is -2.23. The minimum absolute atomic E-state index is 0.0880. The third-order valence-corrected chi connectivity index (χ3v) is 3.76. The molecule has 4 heteroatoms. The van der Waals surface area contributed by atoms with E-state index in [1.807, 2.05) is 49.4 Å². The number of nitrogens with one attached hydrogen (secondary N) is 1. The van der Waals surface area contributed by atoms with Crippen LogP contribution in [-0.2, 0) is 6.54 Å². The molecule has 0 spiro atoms. The fourth-order valence-electron chi connectivity index (χ4n) is 1.90. The number of aryl methyl sites for hydroxylation is 1. The van der Waals surface area contributed by atoms with E-state index in [1.165, 1.54) is 0 Å². The van der Waals surface area contributed by atoms with Gasteiger partial charge in [0.05, 0.1) is 0 Å². The minimum Gasteiger partial charge on any atom is -0.348 e. The Kier molecular flexibility index (Phi) is 4.94. The van der Waals surface area contributed by atoms with Crippen LogP contribution in [0.4, 0.5) is 0 Å². The molecule has 0 aromatic heterocycles. The third kappa shape index (κ3) is 3.47. The van der Waals surface area contributed by atoms with E-state index in [2.05, 4.69) is 14.2 Å². The van der Waals surface area contributed by atoms with Gasteiger partial charge in [-0.1, -0.05) is 41.9 Å². The maximum atomic E-state index is 12.1. The van der Waals surface area contributed by atoms with E-state index in [4.69, 9.17) is 11.6 Å². The predicted molar refractivity (Wildman–Crippen MR) is 87.3 cm³/mol. The smallest absolute Gasteiger partial charge is 0.251 e. The average molecular weight is 304 g/mol. The zero-order valence-corrected chi connectivity index (χ0v) is 12.9. The number of carbonyl (C=O) groups excluding carboxylic acids is 1. The molecule has 0 saturated heterocycles. The zero-order chi connectivity index (χ0) is 14.5. The number of amides is 1. The van der Waals surface area contributed by atoms with Gasteiger partial charge in [-0.05, 0) is 41.5 Å². The quantitative estimate of drug-likeness (QED) is 0.854. The van der Waals surface area contributed by atoms with Crippen molar-refractivity contribution in [2.75, 3.05) is 0 Å². The maximum Gasteiger partial charge on any atom is 0.251 e. The molecule has 2 rings (SSSR count). The summed E-state index contributed by atoms with van der Waals surface area (Å²) in [6.45, 7) is 2.33. The van der Waals surface area contributed by atoms with Crippen LogP contribution in [0.2, 0.25) is 5.02 Å². The van der Waals surface area contributed by atoms with Crippen molar-refractivity contribution >= 4 is 32.2 Å². The lowest BCUT2D eigenvalue weighted by atomic mass is 10.1. The summed E-state index contributed by atoms with van der Waals surface area (Å²) in [6, 6.07) is 13.2. The molecule has 1 amide bonds. The number of carbonyl (C=O) groups is 1. The van der Waals surface area contributed by atoms with E-state index in [0.29, 0.717) is 17.1 Å². The van der Waals surface area contributed by atoms with Crippen LogP contribution in [0.3, 0.4) is 0 Å². The summed E-state index contributed by atoms with van der Waals surface area (Å²) in [7, 11) is 3.31. The SMILES string of the molecule is Cc1ccccc1C(=O)NCc1ccc(C=P)cc1Cl. The van der Waals surface area contributed by atoms with E-state index in [1.54, 1.807) is 5.80 Å². The van der Waals surface area contributed by atoms with Crippen LogP contribution in [0.5, 0.6) is 0 Å². The van der Waals surface area contributed by atoms with Gasteiger partial charge in [-0.25, -0.2) is 0 Å². The molecule has 0 bridgehead atoms. The van der Waals surface area contributed by atoms with Crippen molar-refractivity contribution in [2.24, 2.45) is 0 Å². The van der Waals surface area contributed by atoms with E-state index < -0.39 is 0 Å². The molecule has 0 fully saturated rings. The van der Waals surface area contributed by atoms with E-state index >= 15 is 0 Å². The Morgan fingerprint density at radius 3 is 2.70 bits per heavy atom. The van der Waals surface area contributed by atoms with Crippen LogP contribution in [0, 0.1) is 6.92 Å². The molecule has 0 aliphatic heterocycles. The first kappa shape index (κ1) is 14.8. The highest BCUT2D eigenvalue weighted by Crippen LogP contribution is 2.17. The monoisotopic (exact) mass is 303 g/mol. The van der Waals surface area contributed by atoms with Gasteiger partial charge >= 0.3 is 0 Å². The second-order valence-corrected chi connectivity index (χ2v) is 5.19. The molecule has 0 heterocycles. The van der Waals surface area contributed by atoms with Crippen molar-refractivity contribution in [2.45, 2.75) is 13.5 Å². The Morgan fingerprint density at radius 1 is 1.30 bits per heavy atom. The molecular weight excluding hydrogens is 289 g/mol. The highest BCUT2D eigenvalue weighted by atomic mass is 35.5. The molecule has 2 aromatic carbocycles. The number of hydrogen-bond acceptors (Lipinski definition) is 1. The molecule has 2 aromatic rings. The summed E-state index contributed by atoms with van der Waals surface area (Å²) >= 11 is 6.18. The lowest BCUT2D eigenvalue weighted by Gasteiger charge is -2.09. The van der Waals surface area contributed by atoms with Gasteiger partial charge in [-0.15, -0.1) is 8.86 Å².